The summed E-state index contributed by atoms with van der Waals surface area (Å²) < 4.78 is 2.36. The van der Waals surface area contributed by atoms with Crippen LogP contribution in [0.2, 0.25) is 0 Å². The molecule has 3 aromatic rings. The quantitative estimate of drug-likeness (QED) is 0.224. The highest BCUT2D eigenvalue weighted by atomic mass is 32.2. The zero-order chi connectivity index (χ0) is 22.1. The largest absolute Gasteiger partial charge is 0.343 e. The van der Waals surface area contributed by atoms with Crippen molar-refractivity contribution in [1.29, 1.82) is 0 Å². The number of benzene rings is 2. The normalized spacial score (nSPS) is 15.2. The molecule has 6 nitrogen and oxygen atoms in total. The Morgan fingerprint density at radius 3 is 2.61 bits per heavy atom. The molecule has 0 unspecified atom stereocenters. The molecule has 4 rings (SSSR count). The molecule has 0 N–H and O–H groups in total. The minimum Gasteiger partial charge on any atom is -0.343 e. The van der Waals surface area contributed by atoms with Crippen molar-refractivity contribution in [1.82, 2.24) is 4.57 Å². The lowest BCUT2D eigenvalue weighted by Gasteiger charge is -2.16. The zero-order valence-electron chi connectivity index (χ0n) is 16.9. The van der Waals surface area contributed by atoms with Crippen LogP contribution in [0.5, 0.6) is 0 Å². The number of para-hydroxylation sites is 1. The van der Waals surface area contributed by atoms with Crippen LogP contribution < -0.4 is 4.90 Å². The number of carbonyl (C=O) groups is 1. The summed E-state index contributed by atoms with van der Waals surface area (Å²) in [4.78, 5) is 26.1. The van der Waals surface area contributed by atoms with Crippen molar-refractivity contribution in [3.8, 4) is 0 Å². The van der Waals surface area contributed by atoms with Gasteiger partial charge in [-0.25, -0.2) is 0 Å². The number of aryl methyl sites for hydroxylation is 2. The molecular weight excluding hydrogens is 430 g/mol. The van der Waals surface area contributed by atoms with E-state index in [-0.39, 0.29) is 16.5 Å². The summed E-state index contributed by atoms with van der Waals surface area (Å²) in [5, 5.41) is 11.3. The van der Waals surface area contributed by atoms with E-state index in [4.69, 9.17) is 12.2 Å². The Morgan fingerprint density at radius 2 is 1.87 bits per heavy atom. The van der Waals surface area contributed by atoms with Gasteiger partial charge in [0.05, 0.1) is 22.1 Å². The number of amides is 1. The number of carbonyl (C=O) groups excluding carboxylic acids is 1. The number of hydrogen-bond donors (Lipinski definition) is 0. The molecule has 0 atom stereocenters. The summed E-state index contributed by atoms with van der Waals surface area (Å²) in [5.41, 5.74) is 4.44. The summed E-state index contributed by atoms with van der Waals surface area (Å²) >= 11 is 6.73. The molecule has 0 aliphatic carbocycles. The average molecular weight is 450 g/mol. The second kappa shape index (κ2) is 8.49. The fraction of sp³-hybridized carbons (Fsp3) is 0.130. The van der Waals surface area contributed by atoms with Gasteiger partial charge in [0, 0.05) is 23.5 Å². The standard InChI is InChI=1S/C23H19N3O3S2/c1-15-9-10-19(12-16(15)2)25-22(27)21(31-23(25)30)13-18-7-5-11-24(18)14-17-6-3-4-8-20(17)26(28)29/h3-13H,14H2,1-2H3/b21-13+. The Kier molecular flexibility index (Phi) is 5.75. The fourth-order valence-corrected chi connectivity index (χ4v) is 4.68. The van der Waals surface area contributed by atoms with Crippen molar-refractivity contribution < 1.29 is 9.72 Å². The van der Waals surface area contributed by atoms with Crippen LogP contribution in [0.1, 0.15) is 22.4 Å². The Bertz CT molecular complexity index is 1250. The van der Waals surface area contributed by atoms with Crippen LogP contribution in [0.15, 0.2) is 65.7 Å². The van der Waals surface area contributed by atoms with Crippen molar-refractivity contribution in [2.45, 2.75) is 20.4 Å². The molecule has 31 heavy (non-hydrogen) atoms. The smallest absolute Gasteiger partial charge is 0.274 e. The molecule has 1 aliphatic rings. The molecule has 2 aromatic carbocycles. The molecule has 0 bridgehead atoms. The molecule has 1 amide bonds. The van der Waals surface area contributed by atoms with Gasteiger partial charge in [0.25, 0.3) is 11.6 Å². The number of aromatic nitrogens is 1. The Hall–Kier alpha value is -3.23. The first-order valence-corrected chi connectivity index (χ1v) is 10.8. The van der Waals surface area contributed by atoms with Gasteiger partial charge in [-0.05, 0) is 55.3 Å². The van der Waals surface area contributed by atoms with Crippen molar-refractivity contribution in [3.63, 3.8) is 0 Å². The van der Waals surface area contributed by atoms with Gasteiger partial charge in [0.15, 0.2) is 4.32 Å². The molecule has 0 spiro atoms. The molecule has 1 aromatic heterocycles. The summed E-state index contributed by atoms with van der Waals surface area (Å²) in [6.07, 6.45) is 3.63. The second-order valence-corrected chi connectivity index (χ2v) is 8.91. The number of hydrogen-bond acceptors (Lipinski definition) is 5. The van der Waals surface area contributed by atoms with Crippen LogP contribution in [0, 0.1) is 24.0 Å². The van der Waals surface area contributed by atoms with Crippen molar-refractivity contribution in [2.24, 2.45) is 0 Å². The first-order chi connectivity index (χ1) is 14.8. The van der Waals surface area contributed by atoms with Crippen LogP contribution in [-0.4, -0.2) is 19.7 Å². The van der Waals surface area contributed by atoms with Gasteiger partial charge in [-0.15, -0.1) is 0 Å². The third-order valence-corrected chi connectivity index (χ3v) is 6.52. The van der Waals surface area contributed by atoms with E-state index in [0.29, 0.717) is 21.3 Å². The number of anilines is 1. The highest BCUT2D eigenvalue weighted by Gasteiger charge is 2.33. The minimum absolute atomic E-state index is 0.0724. The predicted octanol–water partition coefficient (Wildman–Crippen LogP) is 5.47. The van der Waals surface area contributed by atoms with Crippen LogP contribution in [0.25, 0.3) is 6.08 Å². The molecule has 156 valence electrons. The van der Waals surface area contributed by atoms with Gasteiger partial charge in [0.1, 0.15) is 0 Å². The molecule has 8 heteroatoms. The van der Waals surface area contributed by atoms with Gasteiger partial charge >= 0.3 is 0 Å². The minimum atomic E-state index is -0.382. The van der Waals surface area contributed by atoms with E-state index < -0.39 is 0 Å². The molecule has 0 saturated carbocycles. The molecule has 0 radical (unpaired) electrons. The number of nitro groups is 1. The number of nitrogens with zero attached hydrogens (tertiary/aromatic N) is 3. The van der Waals surface area contributed by atoms with Crippen molar-refractivity contribution in [2.75, 3.05) is 4.90 Å². The summed E-state index contributed by atoms with van der Waals surface area (Å²) in [7, 11) is 0. The second-order valence-electron chi connectivity index (χ2n) is 7.23. The predicted molar refractivity (Wildman–Crippen MR) is 128 cm³/mol. The lowest BCUT2D eigenvalue weighted by atomic mass is 10.1. The molecule has 1 aliphatic heterocycles. The van der Waals surface area contributed by atoms with Crippen LogP contribution >= 0.6 is 24.0 Å². The molecular formula is C23H19N3O3S2. The van der Waals surface area contributed by atoms with Crippen molar-refractivity contribution >= 4 is 51.7 Å². The molecule has 1 fully saturated rings. The number of rotatable bonds is 5. The SMILES string of the molecule is Cc1ccc(N2C(=O)/C(=C\c3cccn3Cc3ccccc3[N+](=O)[O-])SC2=S)cc1C. The van der Waals surface area contributed by atoms with Gasteiger partial charge in [0.2, 0.25) is 0 Å². The number of nitro benzene ring substituents is 1. The zero-order valence-corrected chi connectivity index (χ0v) is 18.6. The van der Waals surface area contributed by atoms with Crippen LogP contribution in [0.4, 0.5) is 11.4 Å². The maximum Gasteiger partial charge on any atom is 0.274 e. The van der Waals surface area contributed by atoms with Gasteiger partial charge < -0.3 is 4.57 Å². The van der Waals surface area contributed by atoms with E-state index in [0.717, 1.165) is 22.5 Å². The first-order valence-electron chi connectivity index (χ1n) is 9.58. The Morgan fingerprint density at radius 1 is 1.10 bits per heavy atom. The first kappa shape index (κ1) is 21.0. The lowest BCUT2D eigenvalue weighted by molar-refractivity contribution is -0.385. The third kappa shape index (κ3) is 4.17. The molecule has 1 saturated heterocycles. The summed E-state index contributed by atoms with van der Waals surface area (Å²) in [5.74, 6) is -0.170. The van der Waals surface area contributed by atoms with E-state index in [1.54, 1.807) is 29.2 Å². The number of thioether (sulfide) groups is 1. The third-order valence-electron chi connectivity index (χ3n) is 5.22. The summed E-state index contributed by atoms with van der Waals surface area (Å²) in [6, 6.07) is 16.2. The maximum absolute atomic E-state index is 13.1. The van der Waals surface area contributed by atoms with Crippen LogP contribution in [-0.2, 0) is 11.3 Å². The lowest BCUT2D eigenvalue weighted by Crippen LogP contribution is -2.27. The van der Waals surface area contributed by atoms with Gasteiger partial charge in [-0.2, -0.15) is 0 Å². The van der Waals surface area contributed by atoms with E-state index >= 15 is 0 Å². The highest BCUT2D eigenvalue weighted by molar-refractivity contribution is 8.27. The summed E-state index contributed by atoms with van der Waals surface area (Å²) in [6.45, 7) is 4.35. The van der Waals surface area contributed by atoms with E-state index in [1.807, 2.05) is 54.9 Å². The highest BCUT2D eigenvalue weighted by Crippen LogP contribution is 2.36. The molecule has 2 heterocycles. The van der Waals surface area contributed by atoms with E-state index in [9.17, 15) is 14.9 Å². The Balaban J connectivity index is 1.63. The number of thiocarbonyl (C=S) groups is 1. The maximum atomic E-state index is 13.1. The van der Waals surface area contributed by atoms with Gasteiger partial charge in [-0.3, -0.25) is 19.8 Å². The monoisotopic (exact) mass is 449 g/mol. The average Bonchev–Trinajstić information content (AvgIpc) is 3.28. The van der Waals surface area contributed by atoms with E-state index in [2.05, 4.69) is 0 Å². The van der Waals surface area contributed by atoms with E-state index in [1.165, 1.54) is 17.8 Å². The Labute approximate surface area is 189 Å². The van der Waals surface area contributed by atoms with Gasteiger partial charge in [-0.1, -0.05) is 48.2 Å². The van der Waals surface area contributed by atoms with Crippen molar-refractivity contribution in [3.05, 3.63) is 98.2 Å². The topological polar surface area (TPSA) is 68.4 Å². The van der Waals surface area contributed by atoms with Crippen LogP contribution in [0.3, 0.4) is 0 Å². The fourth-order valence-electron chi connectivity index (χ4n) is 3.40.